The van der Waals surface area contributed by atoms with Crippen molar-refractivity contribution in [1.82, 2.24) is 9.97 Å². The van der Waals surface area contributed by atoms with Gasteiger partial charge in [0.1, 0.15) is 11.5 Å². The smallest absolute Gasteiger partial charge is 0.160 e. The van der Waals surface area contributed by atoms with Gasteiger partial charge in [0.05, 0.1) is 28.4 Å². The second-order valence-corrected chi connectivity index (χ2v) is 13.5. The lowest BCUT2D eigenvalue weighted by atomic mass is 9.66. The Labute approximate surface area is 302 Å². The summed E-state index contributed by atoms with van der Waals surface area (Å²) in [4.78, 5) is 10.1. The van der Waals surface area contributed by atoms with Crippen LogP contribution in [0, 0.1) is 11.3 Å². The first-order chi connectivity index (χ1) is 25.7. The molecule has 0 fully saturated rings. The molecule has 10 rings (SSSR count). The van der Waals surface area contributed by atoms with Crippen molar-refractivity contribution in [2.75, 3.05) is 0 Å². The molecular weight excluding hydrogens is 635 g/mol. The Morgan fingerprint density at radius 3 is 1.94 bits per heavy atom. The summed E-state index contributed by atoms with van der Waals surface area (Å²) in [5.41, 5.74) is 14.0. The molecule has 0 atom stereocenters. The first-order valence-corrected chi connectivity index (χ1v) is 17.7. The predicted molar refractivity (Wildman–Crippen MR) is 207 cm³/mol. The zero-order valence-electron chi connectivity index (χ0n) is 28.3. The highest BCUT2D eigenvalue weighted by molar-refractivity contribution is 5.89. The molecule has 0 radical (unpaired) electrons. The molecule has 6 aromatic carbocycles. The molecular formula is C48H31N3O. The van der Waals surface area contributed by atoms with E-state index in [1.807, 2.05) is 30.3 Å². The average Bonchev–Trinajstić information content (AvgIpc) is 3.51. The van der Waals surface area contributed by atoms with Gasteiger partial charge in [-0.2, -0.15) is 5.26 Å². The van der Waals surface area contributed by atoms with Crippen LogP contribution in [-0.2, 0) is 5.41 Å². The Morgan fingerprint density at radius 2 is 1.19 bits per heavy atom. The van der Waals surface area contributed by atoms with Crippen molar-refractivity contribution in [3.05, 3.63) is 197 Å². The monoisotopic (exact) mass is 665 g/mol. The third-order valence-corrected chi connectivity index (χ3v) is 10.6. The standard InChI is InChI=1S/C48H31N3O/c49-30-31-22-24-41-45(26-31)52-46-28-35(23-25-42(46)48(41)39-20-9-7-18-37(39)38-19-8-10-21-40(38)48)34-16-11-17-36(27-34)44-29-43(32-12-3-1-4-13-32)50-47(51-44)33-14-5-2-6-15-33/h2-3,5-29H,1,4H2. The first kappa shape index (κ1) is 30.0. The maximum atomic E-state index is 9.87. The number of aromatic nitrogens is 2. The van der Waals surface area contributed by atoms with Crippen LogP contribution in [0.3, 0.4) is 0 Å². The van der Waals surface area contributed by atoms with Crippen LogP contribution in [0.5, 0.6) is 11.5 Å². The summed E-state index contributed by atoms with van der Waals surface area (Å²) in [6.45, 7) is 0. The zero-order valence-corrected chi connectivity index (χ0v) is 28.3. The summed E-state index contributed by atoms with van der Waals surface area (Å²) in [6.07, 6.45) is 8.69. The zero-order chi connectivity index (χ0) is 34.6. The molecule has 52 heavy (non-hydrogen) atoms. The summed E-state index contributed by atoms with van der Waals surface area (Å²) >= 11 is 0. The number of nitrogens with zero attached hydrogens (tertiary/aromatic N) is 3. The van der Waals surface area contributed by atoms with Gasteiger partial charge < -0.3 is 4.74 Å². The molecule has 0 N–H and O–H groups in total. The summed E-state index contributed by atoms with van der Waals surface area (Å²) in [5.74, 6) is 2.19. The number of ether oxygens (including phenoxy) is 1. The minimum Gasteiger partial charge on any atom is -0.457 e. The second kappa shape index (κ2) is 11.9. The lowest BCUT2D eigenvalue weighted by Crippen LogP contribution is -2.32. The molecule has 244 valence electrons. The largest absolute Gasteiger partial charge is 0.457 e. The fourth-order valence-electron chi connectivity index (χ4n) is 8.28. The SMILES string of the molecule is N#Cc1ccc2c(c1)Oc1cc(-c3cccc(-c4cc(C5=CCCC=C5)nc(-c5ccccc5)n4)c3)ccc1C21c2ccccc2-c2ccccc21. The molecule has 1 spiro atoms. The molecule has 7 aromatic rings. The van der Waals surface area contributed by atoms with Crippen molar-refractivity contribution in [2.45, 2.75) is 18.3 Å². The summed E-state index contributed by atoms with van der Waals surface area (Å²) in [6, 6.07) is 53.0. The average molecular weight is 666 g/mol. The van der Waals surface area contributed by atoms with Crippen LogP contribution in [0.1, 0.15) is 46.4 Å². The van der Waals surface area contributed by atoms with E-state index in [0.717, 1.165) is 68.9 Å². The lowest BCUT2D eigenvalue weighted by molar-refractivity contribution is 0.436. The Kier molecular flexibility index (Phi) is 6.87. The minimum absolute atomic E-state index is 0.569. The Hall–Kier alpha value is -6.83. The number of hydrogen-bond acceptors (Lipinski definition) is 4. The fourth-order valence-corrected chi connectivity index (χ4v) is 8.28. The van der Waals surface area contributed by atoms with E-state index in [-0.39, 0.29) is 0 Å². The molecule has 1 aliphatic heterocycles. The Bertz CT molecular complexity index is 2640. The van der Waals surface area contributed by atoms with Gasteiger partial charge >= 0.3 is 0 Å². The quantitative estimate of drug-likeness (QED) is 0.188. The van der Waals surface area contributed by atoms with E-state index >= 15 is 0 Å². The predicted octanol–water partition coefficient (Wildman–Crippen LogP) is 11.6. The highest BCUT2D eigenvalue weighted by Crippen LogP contribution is 2.62. The number of benzene rings is 6. The van der Waals surface area contributed by atoms with E-state index in [1.165, 1.54) is 22.3 Å². The number of allylic oxidation sites excluding steroid dienone is 4. The lowest BCUT2D eigenvalue weighted by Gasteiger charge is -2.39. The fraction of sp³-hybridized carbons (Fsp3) is 0.0625. The van der Waals surface area contributed by atoms with E-state index < -0.39 is 5.41 Å². The van der Waals surface area contributed by atoms with E-state index in [4.69, 9.17) is 14.7 Å². The normalized spacial score (nSPS) is 14.3. The van der Waals surface area contributed by atoms with E-state index in [2.05, 4.69) is 140 Å². The first-order valence-electron chi connectivity index (χ1n) is 17.7. The van der Waals surface area contributed by atoms with Crippen LogP contribution < -0.4 is 4.74 Å². The van der Waals surface area contributed by atoms with Gasteiger partial charge in [0.2, 0.25) is 0 Å². The molecule has 3 aliphatic rings. The van der Waals surface area contributed by atoms with Gasteiger partial charge in [0, 0.05) is 22.3 Å². The molecule has 0 amide bonds. The highest BCUT2D eigenvalue weighted by Gasteiger charge is 2.51. The highest BCUT2D eigenvalue weighted by atomic mass is 16.5. The third-order valence-electron chi connectivity index (χ3n) is 10.6. The molecule has 0 saturated carbocycles. The summed E-state index contributed by atoms with van der Waals surface area (Å²) in [5, 5.41) is 9.87. The number of fused-ring (bicyclic) bond motifs is 9. The van der Waals surface area contributed by atoms with Crippen LogP contribution in [0.25, 0.3) is 50.5 Å². The van der Waals surface area contributed by atoms with Crippen LogP contribution in [0.4, 0.5) is 0 Å². The molecule has 2 aliphatic carbocycles. The molecule has 0 bridgehead atoms. The molecule has 0 unspecified atom stereocenters. The van der Waals surface area contributed by atoms with Crippen LogP contribution in [0.2, 0.25) is 0 Å². The van der Waals surface area contributed by atoms with Gasteiger partial charge in [0.15, 0.2) is 5.82 Å². The van der Waals surface area contributed by atoms with E-state index in [0.29, 0.717) is 17.1 Å². The van der Waals surface area contributed by atoms with Gasteiger partial charge in [-0.3, -0.25) is 0 Å². The molecule has 0 saturated heterocycles. The number of hydrogen-bond donors (Lipinski definition) is 0. The van der Waals surface area contributed by atoms with Crippen LogP contribution in [0.15, 0.2) is 164 Å². The van der Waals surface area contributed by atoms with E-state index in [9.17, 15) is 5.26 Å². The Balaban J connectivity index is 1.13. The third kappa shape index (κ3) is 4.60. The van der Waals surface area contributed by atoms with Crippen LogP contribution >= 0.6 is 0 Å². The van der Waals surface area contributed by atoms with Gasteiger partial charge in [-0.05, 0) is 82.1 Å². The molecule has 4 nitrogen and oxygen atoms in total. The van der Waals surface area contributed by atoms with Gasteiger partial charge in [-0.15, -0.1) is 0 Å². The van der Waals surface area contributed by atoms with Crippen molar-refractivity contribution in [2.24, 2.45) is 0 Å². The molecule has 4 heteroatoms. The van der Waals surface area contributed by atoms with Crippen molar-refractivity contribution < 1.29 is 4.74 Å². The summed E-state index contributed by atoms with van der Waals surface area (Å²) in [7, 11) is 0. The summed E-state index contributed by atoms with van der Waals surface area (Å²) < 4.78 is 6.78. The second-order valence-electron chi connectivity index (χ2n) is 13.5. The van der Waals surface area contributed by atoms with Crippen molar-refractivity contribution in [1.29, 1.82) is 5.26 Å². The minimum atomic E-state index is -0.585. The van der Waals surface area contributed by atoms with Gasteiger partial charge in [-0.1, -0.05) is 133 Å². The maximum Gasteiger partial charge on any atom is 0.160 e. The number of rotatable bonds is 4. The van der Waals surface area contributed by atoms with E-state index in [1.54, 1.807) is 0 Å². The Morgan fingerprint density at radius 1 is 0.538 bits per heavy atom. The molecule has 2 heterocycles. The maximum absolute atomic E-state index is 9.87. The van der Waals surface area contributed by atoms with Crippen LogP contribution in [-0.4, -0.2) is 9.97 Å². The number of nitriles is 1. The van der Waals surface area contributed by atoms with Gasteiger partial charge in [-0.25, -0.2) is 9.97 Å². The molecule has 1 aromatic heterocycles. The van der Waals surface area contributed by atoms with Gasteiger partial charge in [0.25, 0.3) is 0 Å². The van der Waals surface area contributed by atoms with Crippen molar-refractivity contribution in [3.63, 3.8) is 0 Å². The van der Waals surface area contributed by atoms with Crippen molar-refractivity contribution >= 4 is 5.57 Å². The topological polar surface area (TPSA) is 58.8 Å². The van der Waals surface area contributed by atoms with Crippen molar-refractivity contribution in [3.8, 4) is 62.5 Å².